The smallest absolute Gasteiger partial charge is 0.274 e. The predicted molar refractivity (Wildman–Crippen MR) is 92.4 cm³/mol. The quantitative estimate of drug-likeness (QED) is 0.779. The van der Waals surface area contributed by atoms with Gasteiger partial charge in [-0.15, -0.1) is 0 Å². The minimum atomic E-state index is -0.389. The number of ether oxygens (including phenoxy) is 1. The molecule has 2 heterocycles. The zero-order valence-corrected chi connectivity index (χ0v) is 13.4. The third-order valence-corrected chi connectivity index (χ3v) is 3.34. The van der Waals surface area contributed by atoms with Gasteiger partial charge in [-0.1, -0.05) is 0 Å². The van der Waals surface area contributed by atoms with Crippen LogP contribution in [0.4, 0.5) is 5.69 Å². The number of hydrogen-bond acceptors (Lipinski definition) is 6. The van der Waals surface area contributed by atoms with Crippen molar-refractivity contribution in [3.05, 3.63) is 77.7 Å². The highest BCUT2D eigenvalue weighted by molar-refractivity contribution is 6.02. The Morgan fingerprint density at radius 3 is 2.46 bits per heavy atom. The van der Waals surface area contributed by atoms with E-state index in [1.165, 1.54) is 24.5 Å². The van der Waals surface area contributed by atoms with Gasteiger partial charge in [0.1, 0.15) is 29.1 Å². The minimum Gasteiger partial charge on any atom is -0.438 e. The number of nitrogens with zero attached hydrogens (tertiary/aromatic N) is 4. The van der Waals surface area contributed by atoms with Crippen molar-refractivity contribution in [2.75, 3.05) is 5.32 Å². The molecule has 3 rings (SSSR count). The van der Waals surface area contributed by atoms with Crippen LogP contribution in [0.1, 0.15) is 21.6 Å². The number of rotatable bonds is 4. The Morgan fingerprint density at radius 2 is 1.81 bits per heavy atom. The predicted octanol–water partition coefficient (Wildman–Crippen LogP) is 3.26. The van der Waals surface area contributed by atoms with Crippen LogP contribution in [0.25, 0.3) is 0 Å². The van der Waals surface area contributed by atoms with Gasteiger partial charge in [0, 0.05) is 18.1 Å². The van der Waals surface area contributed by atoms with E-state index < -0.39 is 0 Å². The number of nitriles is 2. The number of nitrogens with one attached hydrogen (secondary N) is 1. The summed E-state index contributed by atoms with van der Waals surface area (Å²) in [5.41, 5.74) is 1.47. The van der Waals surface area contributed by atoms with E-state index in [1.807, 2.05) is 12.1 Å². The van der Waals surface area contributed by atoms with Crippen LogP contribution in [0.2, 0.25) is 0 Å². The summed E-state index contributed by atoms with van der Waals surface area (Å²) in [5, 5.41) is 20.5. The van der Waals surface area contributed by atoms with Crippen LogP contribution in [0.5, 0.6) is 11.6 Å². The van der Waals surface area contributed by atoms with E-state index in [1.54, 1.807) is 36.4 Å². The molecule has 0 atom stereocenters. The average molecular weight is 341 g/mol. The molecule has 0 aliphatic carbocycles. The maximum atomic E-state index is 12.1. The highest BCUT2D eigenvalue weighted by Crippen LogP contribution is 2.24. The SMILES string of the molecule is N#Cc1ccc(C(=O)Nc2ccc(Oc3ncccc3C#N)cc2)nc1. The van der Waals surface area contributed by atoms with Gasteiger partial charge >= 0.3 is 0 Å². The van der Waals surface area contributed by atoms with E-state index in [4.69, 9.17) is 15.3 Å². The lowest BCUT2D eigenvalue weighted by Gasteiger charge is -2.08. The Kier molecular flexibility index (Phi) is 4.83. The topological polar surface area (TPSA) is 112 Å². The van der Waals surface area contributed by atoms with E-state index in [-0.39, 0.29) is 17.5 Å². The molecule has 3 aromatic rings. The van der Waals surface area contributed by atoms with Gasteiger partial charge in [-0.05, 0) is 48.5 Å². The number of hydrogen-bond donors (Lipinski definition) is 1. The van der Waals surface area contributed by atoms with Crippen molar-refractivity contribution < 1.29 is 9.53 Å². The van der Waals surface area contributed by atoms with Crippen molar-refractivity contribution >= 4 is 11.6 Å². The third-order valence-electron chi connectivity index (χ3n) is 3.34. The van der Waals surface area contributed by atoms with Gasteiger partial charge < -0.3 is 10.1 Å². The standard InChI is InChI=1S/C19H11N5O2/c20-10-13-3-8-17(23-12-13)18(25)24-15-4-6-16(7-5-15)26-19-14(11-21)2-1-9-22-19/h1-9,12H,(H,24,25). The summed E-state index contributed by atoms with van der Waals surface area (Å²) in [5.74, 6) is 0.308. The average Bonchev–Trinajstić information content (AvgIpc) is 2.70. The van der Waals surface area contributed by atoms with Crippen molar-refractivity contribution in [2.45, 2.75) is 0 Å². The van der Waals surface area contributed by atoms with Crippen molar-refractivity contribution in [2.24, 2.45) is 0 Å². The Hall–Kier alpha value is -4.23. The molecule has 0 bridgehead atoms. The van der Waals surface area contributed by atoms with Crippen LogP contribution in [0.3, 0.4) is 0 Å². The minimum absolute atomic E-state index is 0.205. The summed E-state index contributed by atoms with van der Waals surface area (Å²) in [6.07, 6.45) is 2.88. The molecule has 1 amide bonds. The highest BCUT2D eigenvalue weighted by Gasteiger charge is 2.09. The summed E-state index contributed by atoms with van der Waals surface area (Å²) in [6.45, 7) is 0. The lowest BCUT2D eigenvalue weighted by Crippen LogP contribution is -2.13. The zero-order valence-electron chi connectivity index (χ0n) is 13.4. The molecule has 0 unspecified atom stereocenters. The molecule has 26 heavy (non-hydrogen) atoms. The normalized spacial score (nSPS) is 9.62. The summed E-state index contributed by atoms with van der Waals surface area (Å²) in [4.78, 5) is 20.1. The highest BCUT2D eigenvalue weighted by atomic mass is 16.5. The van der Waals surface area contributed by atoms with Crippen LogP contribution in [-0.2, 0) is 0 Å². The van der Waals surface area contributed by atoms with Gasteiger partial charge in [-0.25, -0.2) is 9.97 Å². The molecule has 7 heteroatoms. The van der Waals surface area contributed by atoms with Crippen molar-refractivity contribution in [3.8, 4) is 23.8 Å². The largest absolute Gasteiger partial charge is 0.438 e. The van der Waals surface area contributed by atoms with Crippen LogP contribution in [0.15, 0.2) is 60.9 Å². The van der Waals surface area contributed by atoms with Crippen LogP contribution in [0, 0.1) is 22.7 Å². The maximum absolute atomic E-state index is 12.1. The first-order valence-corrected chi connectivity index (χ1v) is 7.50. The van der Waals surface area contributed by atoms with E-state index in [0.717, 1.165) is 0 Å². The van der Waals surface area contributed by atoms with Crippen LogP contribution >= 0.6 is 0 Å². The summed E-state index contributed by atoms with van der Waals surface area (Å²) in [6, 6.07) is 16.8. The molecule has 0 spiro atoms. The fraction of sp³-hybridized carbons (Fsp3) is 0. The fourth-order valence-electron chi connectivity index (χ4n) is 2.06. The van der Waals surface area contributed by atoms with E-state index in [9.17, 15) is 4.79 Å². The molecular weight excluding hydrogens is 330 g/mol. The van der Waals surface area contributed by atoms with Crippen molar-refractivity contribution in [1.29, 1.82) is 10.5 Å². The Bertz CT molecular complexity index is 1020. The van der Waals surface area contributed by atoms with Crippen LogP contribution < -0.4 is 10.1 Å². The second-order valence-corrected chi connectivity index (χ2v) is 5.09. The van der Waals surface area contributed by atoms with Crippen molar-refractivity contribution in [1.82, 2.24) is 9.97 Å². The van der Waals surface area contributed by atoms with E-state index in [2.05, 4.69) is 15.3 Å². The number of pyridine rings is 2. The lowest BCUT2D eigenvalue weighted by molar-refractivity contribution is 0.102. The van der Waals surface area contributed by atoms with Crippen LogP contribution in [-0.4, -0.2) is 15.9 Å². The monoisotopic (exact) mass is 341 g/mol. The number of carbonyl (C=O) groups is 1. The number of anilines is 1. The Morgan fingerprint density at radius 1 is 1.00 bits per heavy atom. The molecule has 0 fully saturated rings. The second kappa shape index (κ2) is 7.56. The molecule has 0 saturated carbocycles. The fourth-order valence-corrected chi connectivity index (χ4v) is 2.06. The summed E-state index contributed by atoms with van der Waals surface area (Å²) in [7, 11) is 0. The molecular formula is C19H11N5O2. The van der Waals surface area contributed by atoms with Gasteiger partial charge in [0.15, 0.2) is 0 Å². The zero-order chi connectivity index (χ0) is 18.4. The first kappa shape index (κ1) is 16.6. The molecule has 124 valence electrons. The number of carbonyl (C=O) groups excluding carboxylic acids is 1. The van der Waals surface area contributed by atoms with Gasteiger partial charge in [-0.3, -0.25) is 4.79 Å². The molecule has 0 saturated heterocycles. The Balaban J connectivity index is 1.68. The molecule has 0 aliphatic rings. The molecule has 2 aromatic heterocycles. The van der Waals surface area contributed by atoms with Gasteiger partial charge in [0.25, 0.3) is 5.91 Å². The maximum Gasteiger partial charge on any atom is 0.274 e. The molecule has 0 aliphatic heterocycles. The number of amides is 1. The molecule has 7 nitrogen and oxygen atoms in total. The Labute approximate surface area is 149 Å². The second-order valence-electron chi connectivity index (χ2n) is 5.09. The number of benzene rings is 1. The van der Waals surface area contributed by atoms with Gasteiger partial charge in [-0.2, -0.15) is 10.5 Å². The summed E-state index contributed by atoms with van der Waals surface area (Å²) >= 11 is 0. The molecule has 1 N–H and O–H groups in total. The molecule has 0 radical (unpaired) electrons. The third kappa shape index (κ3) is 3.81. The van der Waals surface area contributed by atoms with Gasteiger partial charge in [0.05, 0.1) is 5.56 Å². The first-order valence-electron chi connectivity index (χ1n) is 7.50. The first-order chi connectivity index (χ1) is 12.7. The van der Waals surface area contributed by atoms with Crippen molar-refractivity contribution in [3.63, 3.8) is 0 Å². The lowest BCUT2D eigenvalue weighted by atomic mass is 10.2. The molecule has 1 aromatic carbocycles. The van der Waals surface area contributed by atoms with E-state index in [0.29, 0.717) is 22.6 Å². The summed E-state index contributed by atoms with van der Waals surface area (Å²) < 4.78 is 5.58. The number of aromatic nitrogens is 2. The van der Waals surface area contributed by atoms with Gasteiger partial charge in [0.2, 0.25) is 5.88 Å². The van der Waals surface area contributed by atoms with E-state index >= 15 is 0 Å².